The van der Waals surface area contributed by atoms with Crippen molar-refractivity contribution in [3.8, 4) is 0 Å². The number of ether oxygens (including phenoxy) is 1. The first-order chi connectivity index (χ1) is 11.1. The van der Waals surface area contributed by atoms with Crippen molar-refractivity contribution in [2.24, 2.45) is 5.92 Å². The predicted octanol–water partition coefficient (Wildman–Crippen LogP) is 2.42. The molecule has 0 aliphatic rings. The van der Waals surface area contributed by atoms with Crippen molar-refractivity contribution in [2.75, 3.05) is 20.3 Å². The van der Waals surface area contributed by atoms with Crippen LogP contribution in [-0.2, 0) is 11.3 Å². The van der Waals surface area contributed by atoms with Crippen LogP contribution < -0.4 is 5.32 Å². The van der Waals surface area contributed by atoms with Gasteiger partial charge in [-0.25, -0.2) is 0 Å². The second-order valence-electron chi connectivity index (χ2n) is 5.89. The maximum Gasteiger partial charge on any atom is 0.252 e. The van der Waals surface area contributed by atoms with Gasteiger partial charge in [-0.3, -0.25) is 4.79 Å². The molecule has 2 atom stereocenters. The highest BCUT2D eigenvalue weighted by Crippen LogP contribution is 2.21. The molecular formula is C18H26N2O3. The molecule has 126 valence electrons. The van der Waals surface area contributed by atoms with E-state index in [9.17, 15) is 9.90 Å². The molecular weight excluding hydrogens is 292 g/mol. The summed E-state index contributed by atoms with van der Waals surface area (Å²) in [6.07, 6.45) is 2.88. The Bertz CT molecular complexity index is 651. The van der Waals surface area contributed by atoms with E-state index < -0.39 is 0 Å². The summed E-state index contributed by atoms with van der Waals surface area (Å²) in [4.78, 5) is 12.6. The zero-order chi connectivity index (χ0) is 16.8. The minimum absolute atomic E-state index is 0.0500. The molecule has 23 heavy (non-hydrogen) atoms. The van der Waals surface area contributed by atoms with E-state index >= 15 is 0 Å². The van der Waals surface area contributed by atoms with Crippen LogP contribution in [0.4, 0.5) is 0 Å². The maximum absolute atomic E-state index is 12.6. The molecule has 0 aliphatic heterocycles. The topological polar surface area (TPSA) is 63.5 Å². The number of amides is 1. The number of carbonyl (C=O) groups is 1. The fourth-order valence-electron chi connectivity index (χ4n) is 2.70. The van der Waals surface area contributed by atoms with Gasteiger partial charge < -0.3 is 19.7 Å². The second kappa shape index (κ2) is 8.13. The predicted molar refractivity (Wildman–Crippen MR) is 91.6 cm³/mol. The highest BCUT2D eigenvalue weighted by Gasteiger charge is 2.19. The first-order valence-corrected chi connectivity index (χ1v) is 8.10. The minimum atomic E-state index is -0.224. The first kappa shape index (κ1) is 17.5. The molecule has 0 saturated heterocycles. The summed E-state index contributed by atoms with van der Waals surface area (Å²) in [6.45, 7) is 5.41. The smallest absolute Gasteiger partial charge is 0.252 e. The molecule has 0 saturated carbocycles. The number of hydrogen-bond acceptors (Lipinski definition) is 3. The molecule has 1 aromatic heterocycles. The fourth-order valence-corrected chi connectivity index (χ4v) is 2.70. The average molecular weight is 318 g/mol. The largest absolute Gasteiger partial charge is 0.394 e. The highest BCUT2D eigenvalue weighted by atomic mass is 16.5. The van der Waals surface area contributed by atoms with Gasteiger partial charge in [0, 0.05) is 36.3 Å². The summed E-state index contributed by atoms with van der Waals surface area (Å²) < 4.78 is 7.20. The molecule has 2 N–H and O–H groups in total. The summed E-state index contributed by atoms with van der Waals surface area (Å²) in [5.41, 5.74) is 1.65. The molecule has 1 heterocycles. The lowest BCUT2D eigenvalue weighted by Crippen LogP contribution is -2.41. The Kier molecular flexibility index (Phi) is 6.19. The molecule has 2 aromatic rings. The van der Waals surface area contributed by atoms with Crippen LogP contribution in [0.25, 0.3) is 10.9 Å². The highest BCUT2D eigenvalue weighted by molar-refractivity contribution is 6.06. The zero-order valence-corrected chi connectivity index (χ0v) is 14.1. The number of nitrogens with zero attached hydrogens (tertiary/aromatic N) is 1. The number of hydrogen-bond donors (Lipinski definition) is 2. The van der Waals surface area contributed by atoms with Gasteiger partial charge in [-0.1, -0.05) is 26.3 Å². The summed E-state index contributed by atoms with van der Waals surface area (Å²) in [5, 5.41) is 13.4. The van der Waals surface area contributed by atoms with Gasteiger partial charge in [-0.05, 0) is 24.1 Å². The van der Waals surface area contributed by atoms with E-state index in [0.29, 0.717) is 12.2 Å². The van der Waals surface area contributed by atoms with E-state index in [1.54, 1.807) is 7.11 Å². The SMILES string of the molecule is CC[C@H](C)[C@@H](CO)NC(=O)c1cccc2c1ccn2CCOC. The van der Waals surface area contributed by atoms with Gasteiger partial charge in [0.05, 0.1) is 19.3 Å². The Hall–Kier alpha value is -1.85. The lowest BCUT2D eigenvalue weighted by molar-refractivity contribution is 0.0893. The summed E-state index contributed by atoms with van der Waals surface area (Å²) in [7, 11) is 1.68. The van der Waals surface area contributed by atoms with E-state index in [-0.39, 0.29) is 24.5 Å². The minimum Gasteiger partial charge on any atom is -0.394 e. The molecule has 5 heteroatoms. The van der Waals surface area contributed by atoms with Crippen molar-refractivity contribution < 1.29 is 14.6 Å². The Labute approximate surface area is 137 Å². The van der Waals surface area contributed by atoms with E-state index in [4.69, 9.17) is 4.74 Å². The molecule has 2 rings (SSSR count). The van der Waals surface area contributed by atoms with Gasteiger partial charge in [-0.2, -0.15) is 0 Å². The normalized spacial score (nSPS) is 13.9. The third kappa shape index (κ3) is 3.92. The van der Waals surface area contributed by atoms with Gasteiger partial charge in [0.1, 0.15) is 0 Å². The summed E-state index contributed by atoms with van der Waals surface area (Å²) in [5.74, 6) is 0.0916. The molecule has 0 radical (unpaired) electrons. The Morgan fingerprint density at radius 2 is 2.17 bits per heavy atom. The molecule has 0 fully saturated rings. The van der Waals surface area contributed by atoms with E-state index in [2.05, 4.69) is 16.8 Å². The van der Waals surface area contributed by atoms with E-state index in [1.165, 1.54) is 0 Å². The molecule has 0 spiro atoms. The summed E-state index contributed by atoms with van der Waals surface area (Å²) in [6, 6.07) is 7.44. The summed E-state index contributed by atoms with van der Waals surface area (Å²) >= 11 is 0. The number of fused-ring (bicyclic) bond motifs is 1. The molecule has 0 bridgehead atoms. The van der Waals surface area contributed by atoms with Crippen molar-refractivity contribution in [1.82, 2.24) is 9.88 Å². The Morgan fingerprint density at radius 3 is 2.83 bits per heavy atom. The lowest BCUT2D eigenvalue weighted by Gasteiger charge is -2.22. The van der Waals surface area contributed by atoms with Gasteiger partial charge in [0.15, 0.2) is 0 Å². The quantitative estimate of drug-likeness (QED) is 0.786. The lowest BCUT2D eigenvalue weighted by atomic mass is 9.99. The third-order valence-electron chi connectivity index (χ3n) is 4.44. The average Bonchev–Trinajstić information content (AvgIpc) is 2.99. The molecule has 1 amide bonds. The first-order valence-electron chi connectivity index (χ1n) is 8.10. The molecule has 0 aliphatic carbocycles. The molecule has 5 nitrogen and oxygen atoms in total. The van der Waals surface area contributed by atoms with Crippen LogP contribution in [0, 0.1) is 5.92 Å². The van der Waals surface area contributed by atoms with E-state index in [0.717, 1.165) is 23.9 Å². The van der Waals surface area contributed by atoms with Gasteiger partial charge in [-0.15, -0.1) is 0 Å². The van der Waals surface area contributed by atoms with Crippen LogP contribution in [0.5, 0.6) is 0 Å². The monoisotopic (exact) mass is 318 g/mol. The number of rotatable bonds is 8. The second-order valence-corrected chi connectivity index (χ2v) is 5.89. The Balaban J connectivity index is 2.25. The van der Waals surface area contributed by atoms with Crippen molar-refractivity contribution in [1.29, 1.82) is 0 Å². The number of aliphatic hydroxyl groups is 1. The van der Waals surface area contributed by atoms with Crippen LogP contribution in [-0.4, -0.2) is 41.9 Å². The van der Waals surface area contributed by atoms with Crippen LogP contribution in [0.2, 0.25) is 0 Å². The van der Waals surface area contributed by atoms with Crippen molar-refractivity contribution in [3.05, 3.63) is 36.0 Å². The van der Waals surface area contributed by atoms with Crippen LogP contribution >= 0.6 is 0 Å². The van der Waals surface area contributed by atoms with Crippen LogP contribution in [0.3, 0.4) is 0 Å². The Morgan fingerprint density at radius 1 is 1.39 bits per heavy atom. The molecule has 0 unspecified atom stereocenters. The maximum atomic E-state index is 12.6. The van der Waals surface area contributed by atoms with Gasteiger partial charge in [0.2, 0.25) is 0 Å². The number of nitrogens with one attached hydrogen (secondary N) is 1. The van der Waals surface area contributed by atoms with Crippen molar-refractivity contribution >= 4 is 16.8 Å². The zero-order valence-electron chi connectivity index (χ0n) is 14.1. The molecule has 1 aromatic carbocycles. The van der Waals surface area contributed by atoms with Crippen molar-refractivity contribution in [3.63, 3.8) is 0 Å². The number of aliphatic hydroxyl groups excluding tert-OH is 1. The third-order valence-corrected chi connectivity index (χ3v) is 4.44. The number of aromatic nitrogens is 1. The number of methoxy groups -OCH3 is 1. The van der Waals surface area contributed by atoms with Crippen molar-refractivity contribution in [2.45, 2.75) is 32.9 Å². The van der Waals surface area contributed by atoms with Gasteiger partial charge >= 0.3 is 0 Å². The van der Waals surface area contributed by atoms with Crippen LogP contribution in [0.1, 0.15) is 30.6 Å². The van der Waals surface area contributed by atoms with E-state index in [1.807, 2.05) is 37.4 Å². The fraction of sp³-hybridized carbons (Fsp3) is 0.500. The van der Waals surface area contributed by atoms with Crippen LogP contribution in [0.15, 0.2) is 30.5 Å². The standard InChI is InChI=1S/C18H26N2O3/c1-4-13(2)16(12-21)19-18(22)15-6-5-7-17-14(15)8-9-20(17)10-11-23-3/h5-9,13,16,21H,4,10-12H2,1-3H3,(H,19,22)/t13-,16+/m0/s1. The number of carbonyl (C=O) groups excluding carboxylic acids is 1. The number of benzene rings is 1. The van der Waals surface area contributed by atoms with Gasteiger partial charge in [0.25, 0.3) is 5.91 Å².